The Labute approximate surface area is 711 Å². The molecule has 20 aromatic carbocycles. The van der Waals surface area contributed by atoms with Crippen LogP contribution < -0.4 is 0 Å². The summed E-state index contributed by atoms with van der Waals surface area (Å²) in [6.07, 6.45) is 0. The molecule has 0 unspecified atom stereocenters. The van der Waals surface area contributed by atoms with Gasteiger partial charge in [0.2, 0.25) is 11.9 Å². The predicted octanol–water partition coefficient (Wildman–Crippen LogP) is 29.1. The smallest absolute Gasteiger partial charge is 0.238 e. The zero-order chi connectivity index (χ0) is 81.5. The van der Waals surface area contributed by atoms with Gasteiger partial charge < -0.3 is 9.13 Å². The van der Waals surface area contributed by atoms with Crippen molar-refractivity contribution in [2.75, 3.05) is 0 Å². The highest BCUT2D eigenvalue weighted by Gasteiger charge is 2.25. The minimum Gasteiger partial charge on any atom is -0.309 e. The molecule has 0 N–H and O–H groups in total. The number of benzene rings is 20. The highest BCUT2D eigenvalue weighted by atomic mass is 15.2. The molecule has 0 saturated carbocycles. The Morgan fingerprint density at radius 2 is 0.387 bits per heavy atom. The van der Waals surface area contributed by atoms with Gasteiger partial charge in [0.05, 0.1) is 49.8 Å². The molecule has 26 aromatic rings. The first-order chi connectivity index (χ1) is 61.5. The molecule has 10 heteroatoms. The number of nitrogens with zero attached hydrogens (tertiary/aromatic N) is 10. The largest absolute Gasteiger partial charge is 0.309 e. The summed E-state index contributed by atoms with van der Waals surface area (Å²) in [5.74, 6) is 3.70. The van der Waals surface area contributed by atoms with E-state index >= 15 is 0 Å². The zero-order valence-corrected chi connectivity index (χ0v) is 66.9. The highest BCUT2D eigenvalue weighted by molar-refractivity contribution is 6.29. The van der Waals surface area contributed by atoms with Crippen LogP contribution in [0.3, 0.4) is 0 Å². The number of hydrogen-bond acceptors (Lipinski definition) is 6. The molecule has 0 aliphatic rings. The van der Waals surface area contributed by atoms with E-state index in [0.29, 0.717) is 35.2 Å². The molecular weight excluding hydrogens is 1510 g/mol. The first-order valence-electron chi connectivity index (χ1n) is 42.1. The van der Waals surface area contributed by atoms with Crippen LogP contribution in [0.25, 0.3) is 243 Å². The fourth-order valence-electron chi connectivity index (χ4n) is 19.5. The Morgan fingerprint density at radius 1 is 0.137 bits per heavy atom. The number of para-hydroxylation sites is 4. The molecule has 0 aliphatic heterocycles. The van der Waals surface area contributed by atoms with E-state index < -0.39 is 0 Å². The van der Waals surface area contributed by atoms with E-state index in [9.17, 15) is 0 Å². The normalized spacial score (nSPS) is 11.9. The van der Waals surface area contributed by atoms with Crippen LogP contribution in [0.1, 0.15) is 0 Å². The van der Waals surface area contributed by atoms with Crippen LogP contribution in [0.5, 0.6) is 0 Å². The van der Waals surface area contributed by atoms with Crippen LogP contribution in [-0.4, -0.2) is 48.2 Å². The zero-order valence-electron chi connectivity index (χ0n) is 66.9. The number of hydrogen-bond donors (Lipinski definition) is 0. The van der Waals surface area contributed by atoms with Gasteiger partial charge in [0.1, 0.15) is 0 Å². The Morgan fingerprint density at radius 3 is 0.742 bits per heavy atom. The summed E-state index contributed by atoms with van der Waals surface area (Å²) < 4.78 is 9.26. The molecule has 0 bridgehead atoms. The van der Waals surface area contributed by atoms with Crippen molar-refractivity contribution in [1.29, 1.82) is 0 Å². The first kappa shape index (κ1) is 70.2. The third-order valence-corrected chi connectivity index (χ3v) is 25.1. The molecule has 0 radical (unpaired) electrons. The summed E-state index contributed by atoms with van der Waals surface area (Å²) in [4.78, 5) is 30.4. The van der Waals surface area contributed by atoms with Crippen LogP contribution >= 0.6 is 0 Å². The maximum atomic E-state index is 5.13. The molecule has 576 valence electrons. The van der Waals surface area contributed by atoms with Crippen LogP contribution in [0.15, 0.2) is 425 Å². The Bertz CT molecular complexity index is 8620. The van der Waals surface area contributed by atoms with Crippen LogP contribution in [0, 0.1) is 0 Å². The summed E-state index contributed by atoms with van der Waals surface area (Å²) in [6, 6.07) is 152. The summed E-state index contributed by atoms with van der Waals surface area (Å²) in [7, 11) is 0. The van der Waals surface area contributed by atoms with Crippen molar-refractivity contribution in [2.45, 2.75) is 0 Å². The topological polar surface area (TPSA) is 97.1 Å². The number of rotatable bonds is 10. The molecular formula is C114H70N10. The summed E-state index contributed by atoms with van der Waals surface area (Å²) in [5.41, 5.74) is 19.6. The third kappa shape index (κ3) is 11.3. The van der Waals surface area contributed by atoms with E-state index in [-0.39, 0.29) is 0 Å². The first-order valence-corrected chi connectivity index (χ1v) is 42.1. The van der Waals surface area contributed by atoms with Crippen molar-refractivity contribution in [3.05, 3.63) is 425 Å². The van der Waals surface area contributed by atoms with E-state index in [0.717, 1.165) is 93.8 Å². The maximum Gasteiger partial charge on any atom is 0.238 e. The Hall–Kier alpha value is -16.8. The van der Waals surface area contributed by atoms with Crippen molar-refractivity contribution in [1.82, 2.24) is 48.2 Å². The highest BCUT2D eigenvalue weighted by Crippen LogP contribution is 2.46. The molecule has 0 fully saturated rings. The molecule has 10 nitrogen and oxygen atoms in total. The van der Waals surface area contributed by atoms with E-state index in [1.807, 2.05) is 121 Å². The standard InChI is InChI=1S/2C57H35N5/c1-3-16-36(17-4-1)55-58-56(37-18-5-2-6-19-37)60-57(59-55)62-50-28-14-12-24-44(50)48-35-39(31-33-52(48)62)38-30-32-51-47(34-38)43-23-11-13-27-49(43)61(51)53-29-15-26-46-42-21-8-7-20-40(42)41-22-9-10-25-45(41)54(46)53;1-3-15-36(16-4-1)55-58-56(37-17-5-2-6-18-37)60-57(59-55)62-52-26-14-12-24-47(52)50-34-39(28-32-54(50)62)38-27-31-53-49(33-38)46-23-11-13-25-51(46)61(53)40-29-30-45-43-21-8-7-19-41(43)42-20-9-10-22-44(42)48(45)35-40/h2*1-35H. The average Bonchev–Trinajstić information content (AvgIpc) is 1.41. The third-order valence-electron chi connectivity index (χ3n) is 25.1. The lowest BCUT2D eigenvalue weighted by Crippen LogP contribution is -2.06. The Balaban J connectivity index is 0.000000136. The second-order valence-electron chi connectivity index (χ2n) is 32.0. The quantitative estimate of drug-likeness (QED) is 0.127. The molecule has 0 atom stereocenters. The van der Waals surface area contributed by atoms with Gasteiger partial charge in [0, 0.05) is 76.4 Å². The van der Waals surface area contributed by atoms with Gasteiger partial charge >= 0.3 is 0 Å². The molecule has 0 aliphatic carbocycles. The Kier molecular flexibility index (Phi) is 16.1. The van der Waals surface area contributed by atoms with Gasteiger partial charge in [-0.25, -0.2) is 9.97 Å². The second-order valence-corrected chi connectivity index (χ2v) is 32.0. The summed E-state index contributed by atoms with van der Waals surface area (Å²) >= 11 is 0. The van der Waals surface area contributed by atoms with Gasteiger partial charge in [-0.2, -0.15) is 19.9 Å². The lowest BCUT2D eigenvalue weighted by Gasteiger charge is -2.16. The molecule has 0 spiro atoms. The lowest BCUT2D eigenvalue weighted by molar-refractivity contribution is 0.953. The number of aromatic nitrogens is 10. The van der Waals surface area contributed by atoms with Gasteiger partial charge in [-0.05, 0) is 172 Å². The molecule has 6 aromatic heterocycles. The van der Waals surface area contributed by atoms with Crippen molar-refractivity contribution in [3.8, 4) is 91.1 Å². The van der Waals surface area contributed by atoms with Gasteiger partial charge in [-0.15, -0.1) is 0 Å². The lowest BCUT2D eigenvalue weighted by atomic mass is 9.93. The fourth-order valence-corrected chi connectivity index (χ4v) is 19.5. The van der Waals surface area contributed by atoms with Crippen LogP contribution in [0.2, 0.25) is 0 Å². The minimum absolute atomic E-state index is 0.583. The SMILES string of the molecule is c1ccc(-c2nc(-c3ccccc3)nc(-n3c4ccccc4c4cc(-c5ccc6c(c5)c5ccccc5n6-c5ccc6c7ccccc7c7ccccc7c6c5)ccc43)n2)cc1.c1ccc(-c2nc(-c3ccccc3)nc(-n3c4ccccc4c4cc(-c5ccc6c(c5)c5ccccc5n6-c5cccc6c7ccccc7c7ccccc7c56)ccc43)n2)cc1. The van der Waals surface area contributed by atoms with Crippen molar-refractivity contribution in [3.63, 3.8) is 0 Å². The number of fused-ring (bicyclic) bond motifs is 24. The minimum atomic E-state index is 0.583. The molecule has 6 heterocycles. The monoisotopic (exact) mass is 1580 g/mol. The van der Waals surface area contributed by atoms with Crippen molar-refractivity contribution in [2.24, 2.45) is 0 Å². The fraction of sp³-hybridized carbons (Fsp3) is 0. The maximum absolute atomic E-state index is 5.13. The van der Waals surface area contributed by atoms with Gasteiger partial charge in [-0.1, -0.05) is 334 Å². The van der Waals surface area contributed by atoms with E-state index in [1.54, 1.807) is 0 Å². The van der Waals surface area contributed by atoms with E-state index in [2.05, 4.69) is 322 Å². The molecule has 0 saturated heterocycles. The second kappa shape index (κ2) is 28.5. The van der Waals surface area contributed by atoms with Crippen molar-refractivity contribution < 1.29 is 0 Å². The van der Waals surface area contributed by atoms with Crippen molar-refractivity contribution >= 4 is 152 Å². The molecule has 124 heavy (non-hydrogen) atoms. The van der Waals surface area contributed by atoms with Crippen LogP contribution in [0.4, 0.5) is 0 Å². The average molecular weight is 1580 g/mol. The van der Waals surface area contributed by atoms with Gasteiger partial charge in [0.15, 0.2) is 23.3 Å². The van der Waals surface area contributed by atoms with E-state index in [1.165, 1.54) is 114 Å². The summed E-state index contributed by atoms with van der Waals surface area (Å²) in [5, 5.41) is 24.7. The van der Waals surface area contributed by atoms with Gasteiger partial charge in [0.25, 0.3) is 0 Å². The molecule has 0 amide bonds. The molecule has 26 rings (SSSR count). The van der Waals surface area contributed by atoms with Gasteiger partial charge in [-0.3, -0.25) is 9.13 Å². The van der Waals surface area contributed by atoms with Crippen LogP contribution in [-0.2, 0) is 0 Å². The van der Waals surface area contributed by atoms with E-state index in [4.69, 9.17) is 29.9 Å². The summed E-state index contributed by atoms with van der Waals surface area (Å²) in [6.45, 7) is 0. The predicted molar refractivity (Wildman–Crippen MR) is 515 cm³/mol.